The van der Waals surface area contributed by atoms with Crippen molar-refractivity contribution in [3.8, 4) is 0 Å². The van der Waals surface area contributed by atoms with Crippen molar-refractivity contribution in [3.05, 3.63) is 34.1 Å². The first kappa shape index (κ1) is 10.4. The third kappa shape index (κ3) is 2.18. The smallest absolute Gasteiger partial charge is 0.146 e. The van der Waals surface area contributed by atoms with Crippen molar-refractivity contribution in [1.29, 1.82) is 0 Å². The molecule has 1 unspecified atom stereocenters. The van der Waals surface area contributed by atoms with Crippen molar-refractivity contribution in [3.63, 3.8) is 0 Å². The molecular formula is C9H11ClFNO. The summed E-state index contributed by atoms with van der Waals surface area (Å²) >= 11 is 5.61. The summed E-state index contributed by atoms with van der Waals surface area (Å²) in [4.78, 5) is 0. The van der Waals surface area contributed by atoms with Gasteiger partial charge in [0.1, 0.15) is 5.82 Å². The number of aliphatic hydroxyl groups excluding tert-OH is 1. The molecule has 0 saturated heterocycles. The molecule has 1 aromatic carbocycles. The summed E-state index contributed by atoms with van der Waals surface area (Å²) in [6.07, 6.45) is 0. The van der Waals surface area contributed by atoms with Gasteiger partial charge in [0.25, 0.3) is 0 Å². The van der Waals surface area contributed by atoms with Crippen molar-refractivity contribution in [2.24, 2.45) is 5.73 Å². The Morgan fingerprint density at radius 2 is 2.23 bits per heavy atom. The van der Waals surface area contributed by atoms with E-state index in [-0.39, 0.29) is 17.2 Å². The number of rotatable bonds is 2. The van der Waals surface area contributed by atoms with Crippen LogP contribution in [0.4, 0.5) is 4.39 Å². The minimum absolute atomic E-state index is 0.0406. The highest BCUT2D eigenvalue weighted by Gasteiger charge is 2.13. The second-order valence-corrected chi connectivity index (χ2v) is 3.35. The van der Waals surface area contributed by atoms with Crippen molar-refractivity contribution < 1.29 is 9.50 Å². The van der Waals surface area contributed by atoms with Crippen LogP contribution >= 0.6 is 11.6 Å². The van der Waals surface area contributed by atoms with Gasteiger partial charge in [0.2, 0.25) is 0 Å². The average molecular weight is 204 g/mol. The molecule has 0 bridgehead atoms. The molecule has 0 aliphatic carbocycles. The molecule has 4 heteroatoms. The Morgan fingerprint density at radius 3 is 2.77 bits per heavy atom. The SMILES string of the molecule is Cc1cc(Cl)c(F)c(C(N)CO)c1. The average Bonchev–Trinajstić information content (AvgIpc) is 2.10. The van der Waals surface area contributed by atoms with Crippen LogP contribution in [0.15, 0.2) is 12.1 Å². The van der Waals surface area contributed by atoms with Gasteiger partial charge in [-0.15, -0.1) is 0 Å². The van der Waals surface area contributed by atoms with Gasteiger partial charge in [0.15, 0.2) is 0 Å². The molecule has 72 valence electrons. The van der Waals surface area contributed by atoms with Crippen molar-refractivity contribution >= 4 is 11.6 Å². The zero-order chi connectivity index (χ0) is 10.0. The van der Waals surface area contributed by atoms with Crippen molar-refractivity contribution in [2.45, 2.75) is 13.0 Å². The standard InChI is InChI=1S/C9H11ClFNO/c1-5-2-6(8(12)4-13)9(11)7(10)3-5/h2-3,8,13H,4,12H2,1H3. The minimum Gasteiger partial charge on any atom is -0.394 e. The molecule has 0 saturated carbocycles. The molecule has 0 aliphatic rings. The van der Waals surface area contributed by atoms with E-state index in [0.29, 0.717) is 0 Å². The Labute approximate surface area is 81.1 Å². The minimum atomic E-state index is -0.711. The van der Waals surface area contributed by atoms with Gasteiger partial charge in [0.05, 0.1) is 17.7 Å². The normalized spacial score (nSPS) is 13.0. The summed E-state index contributed by atoms with van der Waals surface area (Å²) in [5.41, 5.74) is 6.57. The van der Waals surface area contributed by atoms with Crippen LogP contribution in [0.3, 0.4) is 0 Å². The summed E-state index contributed by atoms with van der Waals surface area (Å²) in [5.74, 6) is -0.547. The summed E-state index contributed by atoms with van der Waals surface area (Å²) in [6, 6.07) is 2.39. The first-order chi connectivity index (χ1) is 6.06. The number of aryl methyl sites for hydroxylation is 1. The van der Waals surface area contributed by atoms with Crippen LogP contribution in [0, 0.1) is 12.7 Å². The zero-order valence-corrected chi connectivity index (χ0v) is 7.98. The van der Waals surface area contributed by atoms with Gasteiger partial charge in [-0.05, 0) is 18.6 Å². The van der Waals surface area contributed by atoms with Crippen LogP contribution in [-0.2, 0) is 0 Å². The topological polar surface area (TPSA) is 46.2 Å². The van der Waals surface area contributed by atoms with Crippen LogP contribution < -0.4 is 5.73 Å². The third-order valence-corrected chi connectivity index (χ3v) is 2.07. The molecule has 3 N–H and O–H groups in total. The molecule has 0 aromatic heterocycles. The highest BCUT2D eigenvalue weighted by Crippen LogP contribution is 2.24. The Balaban J connectivity index is 3.20. The zero-order valence-electron chi connectivity index (χ0n) is 7.22. The number of aliphatic hydroxyl groups is 1. The van der Waals surface area contributed by atoms with E-state index in [0.717, 1.165) is 5.56 Å². The highest BCUT2D eigenvalue weighted by atomic mass is 35.5. The van der Waals surface area contributed by atoms with E-state index in [1.807, 2.05) is 0 Å². The molecule has 0 fully saturated rings. The lowest BCUT2D eigenvalue weighted by Gasteiger charge is -2.11. The first-order valence-corrected chi connectivity index (χ1v) is 4.26. The van der Waals surface area contributed by atoms with Gasteiger partial charge in [-0.3, -0.25) is 0 Å². The number of halogens is 2. The Hall–Kier alpha value is -0.640. The van der Waals surface area contributed by atoms with Crippen LogP contribution in [0.5, 0.6) is 0 Å². The van der Waals surface area contributed by atoms with E-state index < -0.39 is 11.9 Å². The molecule has 1 aromatic rings. The Bertz CT molecular complexity index is 317. The molecule has 0 amide bonds. The van der Waals surface area contributed by atoms with Gasteiger partial charge < -0.3 is 10.8 Å². The lowest BCUT2D eigenvalue weighted by atomic mass is 10.1. The fraction of sp³-hybridized carbons (Fsp3) is 0.333. The van der Waals surface area contributed by atoms with Crippen molar-refractivity contribution in [1.82, 2.24) is 0 Å². The van der Waals surface area contributed by atoms with Crippen LogP contribution in [-0.4, -0.2) is 11.7 Å². The molecule has 0 aliphatic heterocycles. The highest BCUT2D eigenvalue weighted by molar-refractivity contribution is 6.30. The number of nitrogens with two attached hydrogens (primary N) is 1. The van der Waals surface area contributed by atoms with E-state index in [2.05, 4.69) is 0 Å². The predicted octanol–water partition coefficient (Wildman–Crippen LogP) is 1.78. The summed E-state index contributed by atoms with van der Waals surface area (Å²) in [7, 11) is 0. The number of hydrogen-bond acceptors (Lipinski definition) is 2. The van der Waals surface area contributed by atoms with Crippen LogP contribution in [0.1, 0.15) is 17.2 Å². The molecule has 0 heterocycles. The number of benzene rings is 1. The maximum absolute atomic E-state index is 13.3. The van der Waals surface area contributed by atoms with Gasteiger partial charge in [-0.1, -0.05) is 17.7 Å². The molecule has 0 radical (unpaired) electrons. The van der Waals surface area contributed by atoms with Gasteiger partial charge in [-0.25, -0.2) is 4.39 Å². The molecular weight excluding hydrogens is 193 g/mol. The summed E-state index contributed by atoms with van der Waals surface area (Å²) < 4.78 is 13.3. The summed E-state index contributed by atoms with van der Waals surface area (Å²) in [6.45, 7) is 1.50. The quantitative estimate of drug-likeness (QED) is 0.770. The van der Waals surface area contributed by atoms with E-state index in [1.165, 1.54) is 6.07 Å². The second-order valence-electron chi connectivity index (χ2n) is 2.94. The molecule has 0 spiro atoms. The molecule has 13 heavy (non-hydrogen) atoms. The van der Waals surface area contributed by atoms with Gasteiger partial charge >= 0.3 is 0 Å². The first-order valence-electron chi connectivity index (χ1n) is 3.88. The Morgan fingerprint density at radius 1 is 1.62 bits per heavy atom. The van der Waals surface area contributed by atoms with E-state index in [9.17, 15) is 4.39 Å². The Kier molecular flexibility index (Phi) is 3.25. The van der Waals surface area contributed by atoms with Gasteiger partial charge in [-0.2, -0.15) is 0 Å². The molecule has 1 atom stereocenters. The largest absolute Gasteiger partial charge is 0.394 e. The summed E-state index contributed by atoms with van der Waals surface area (Å²) in [5, 5.41) is 8.80. The maximum Gasteiger partial charge on any atom is 0.146 e. The predicted molar refractivity (Wildman–Crippen MR) is 50.2 cm³/mol. The molecule has 1 rings (SSSR count). The lowest BCUT2D eigenvalue weighted by molar-refractivity contribution is 0.265. The number of hydrogen-bond donors (Lipinski definition) is 2. The van der Waals surface area contributed by atoms with E-state index >= 15 is 0 Å². The van der Waals surface area contributed by atoms with Crippen LogP contribution in [0.2, 0.25) is 5.02 Å². The molecule has 2 nitrogen and oxygen atoms in total. The van der Waals surface area contributed by atoms with E-state index in [1.54, 1.807) is 13.0 Å². The maximum atomic E-state index is 13.3. The van der Waals surface area contributed by atoms with E-state index in [4.69, 9.17) is 22.4 Å². The fourth-order valence-corrected chi connectivity index (χ4v) is 1.40. The lowest BCUT2D eigenvalue weighted by Crippen LogP contribution is -2.16. The fourth-order valence-electron chi connectivity index (χ4n) is 1.12. The third-order valence-electron chi connectivity index (χ3n) is 1.80. The van der Waals surface area contributed by atoms with Gasteiger partial charge in [0, 0.05) is 5.56 Å². The second kappa shape index (κ2) is 4.05. The van der Waals surface area contributed by atoms with Crippen molar-refractivity contribution in [2.75, 3.05) is 6.61 Å². The van der Waals surface area contributed by atoms with Crippen LogP contribution in [0.25, 0.3) is 0 Å². The monoisotopic (exact) mass is 203 g/mol.